The van der Waals surface area contributed by atoms with E-state index in [-0.39, 0.29) is 10.3 Å². The van der Waals surface area contributed by atoms with Crippen molar-refractivity contribution in [3.63, 3.8) is 0 Å². The zero-order valence-electron chi connectivity index (χ0n) is 12.5. The molecule has 2 heterocycles. The molecule has 1 N–H and O–H groups in total. The van der Waals surface area contributed by atoms with Crippen molar-refractivity contribution < 1.29 is 13.2 Å². The van der Waals surface area contributed by atoms with Crippen molar-refractivity contribution in [2.75, 3.05) is 7.11 Å². The van der Waals surface area contributed by atoms with Gasteiger partial charge in [-0.3, -0.25) is 4.68 Å². The molecule has 0 aliphatic heterocycles. The average molecular weight is 329 g/mol. The fourth-order valence-corrected chi connectivity index (χ4v) is 4.63. The third-order valence-electron chi connectivity index (χ3n) is 2.97. The molecule has 8 heteroatoms. The van der Waals surface area contributed by atoms with Gasteiger partial charge in [-0.2, -0.15) is 5.10 Å². The Labute approximate surface area is 128 Å². The molecule has 0 aromatic carbocycles. The number of sulfonamides is 1. The Kier molecular flexibility index (Phi) is 4.70. The van der Waals surface area contributed by atoms with Crippen LogP contribution in [0.2, 0.25) is 0 Å². The predicted octanol–water partition coefficient (Wildman–Crippen LogP) is 1.94. The second-order valence-corrected chi connectivity index (χ2v) is 7.73. The summed E-state index contributed by atoms with van der Waals surface area (Å²) in [6.07, 6.45) is 0. The lowest BCUT2D eigenvalue weighted by Crippen LogP contribution is -2.35. The van der Waals surface area contributed by atoms with E-state index >= 15 is 0 Å². The van der Waals surface area contributed by atoms with Crippen LogP contribution in [-0.4, -0.2) is 31.3 Å². The lowest BCUT2D eigenvalue weighted by Gasteiger charge is -2.15. The number of nitrogens with one attached hydrogen (secondary N) is 1. The van der Waals surface area contributed by atoms with Gasteiger partial charge in [-0.1, -0.05) is 0 Å². The molecule has 0 fully saturated rings. The van der Waals surface area contributed by atoms with Crippen LogP contribution < -0.4 is 9.46 Å². The summed E-state index contributed by atoms with van der Waals surface area (Å²) in [4.78, 5) is 0. The number of aryl methyl sites for hydroxylation is 2. The maximum Gasteiger partial charge on any atom is 0.254 e. The molecule has 2 rings (SSSR count). The first-order valence-corrected chi connectivity index (χ1v) is 8.84. The van der Waals surface area contributed by atoms with E-state index in [1.807, 2.05) is 26.8 Å². The van der Waals surface area contributed by atoms with Crippen molar-refractivity contribution in [3.05, 3.63) is 28.9 Å². The van der Waals surface area contributed by atoms with Crippen molar-refractivity contribution in [1.82, 2.24) is 14.5 Å². The molecule has 116 valence electrons. The largest absolute Gasteiger partial charge is 0.494 e. The van der Waals surface area contributed by atoms with Crippen LogP contribution in [0.3, 0.4) is 0 Å². The van der Waals surface area contributed by atoms with Crippen molar-refractivity contribution in [3.8, 4) is 5.75 Å². The Morgan fingerprint density at radius 1 is 1.48 bits per heavy atom. The van der Waals surface area contributed by atoms with E-state index in [1.165, 1.54) is 7.11 Å². The fourth-order valence-electron chi connectivity index (χ4n) is 2.11. The van der Waals surface area contributed by atoms with Gasteiger partial charge in [-0.25, -0.2) is 13.1 Å². The van der Waals surface area contributed by atoms with Crippen LogP contribution in [0, 0.1) is 13.8 Å². The molecular formula is C13H19N3O3S2. The van der Waals surface area contributed by atoms with Gasteiger partial charge in [-0.15, -0.1) is 11.3 Å². The van der Waals surface area contributed by atoms with Crippen molar-refractivity contribution in [2.45, 2.75) is 37.6 Å². The molecule has 0 radical (unpaired) electrons. The van der Waals surface area contributed by atoms with E-state index in [4.69, 9.17) is 4.74 Å². The molecule has 0 aliphatic rings. The molecule has 0 bridgehead atoms. The number of methoxy groups -OCH3 is 1. The average Bonchev–Trinajstić information content (AvgIpc) is 2.96. The molecule has 6 nitrogen and oxygen atoms in total. The summed E-state index contributed by atoms with van der Waals surface area (Å²) >= 11 is 1.14. The van der Waals surface area contributed by atoms with Crippen LogP contribution in [0.5, 0.6) is 5.75 Å². The highest BCUT2D eigenvalue weighted by atomic mass is 32.2. The summed E-state index contributed by atoms with van der Waals surface area (Å²) in [5.74, 6) is 0.366. The Balaban J connectivity index is 2.11. The number of ether oxygens (including phenoxy) is 1. The van der Waals surface area contributed by atoms with E-state index in [2.05, 4.69) is 9.82 Å². The quantitative estimate of drug-likeness (QED) is 0.879. The first kappa shape index (κ1) is 16.0. The highest BCUT2D eigenvalue weighted by Crippen LogP contribution is 2.29. The second kappa shape index (κ2) is 6.17. The molecule has 0 amide bonds. The highest BCUT2D eigenvalue weighted by molar-refractivity contribution is 7.91. The molecule has 0 unspecified atom stereocenters. The summed E-state index contributed by atoms with van der Waals surface area (Å²) in [5.41, 5.74) is 1.93. The molecule has 2 aromatic rings. The maximum atomic E-state index is 12.4. The van der Waals surface area contributed by atoms with Crippen molar-refractivity contribution >= 4 is 21.4 Å². The monoisotopic (exact) mass is 329 g/mol. The summed E-state index contributed by atoms with van der Waals surface area (Å²) < 4.78 is 34.4. The summed E-state index contributed by atoms with van der Waals surface area (Å²) in [6.45, 7) is 6.15. The molecule has 0 saturated carbocycles. The minimum absolute atomic E-state index is 0.199. The number of hydrogen-bond acceptors (Lipinski definition) is 5. The van der Waals surface area contributed by atoms with Crippen LogP contribution in [0.15, 0.2) is 21.7 Å². The minimum atomic E-state index is -3.58. The van der Waals surface area contributed by atoms with E-state index in [0.717, 1.165) is 22.7 Å². The number of rotatable bonds is 6. The number of hydrogen-bond donors (Lipinski definition) is 1. The standard InChI is InChI=1S/C13H19N3O3S2/c1-9-7-11(3)16(14-9)8-10(2)15-21(17,18)13-12(19-4)5-6-20-13/h5-7,10,15H,8H2,1-4H3/t10-/m1/s1. The van der Waals surface area contributed by atoms with Crippen LogP contribution in [0.1, 0.15) is 18.3 Å². The molecule has 2 aromatic heterocycles. The van der Waals surface area contributed by atoms with Gasteiger partial charge in [0.05, 0.1) is 19.3 Å². The van der Waals surface area contributed by atoms with E-state index in [9.17, 15) is 8.42 Å². The minimum Gasteiger partial charge on any atom is -0.494 e. The summed E-state index contributed by atoms with van der Waals surface area (Å²) in [7, 11) is -2.12. The first-order valence-electron chi connectivity index (χ1n) is 6.48. The second-order valence-electron chi connectivity index (χ2n) is 4.91. The van der Waals surface area contributed by atoms with Crippen LogP contribution in [0.4, 0.5) is 0 Å². The van der Waals surface area contributed by atoms with E-state index in [1.54, 1.807) is 16.1 Å². The van der Waals surface area contributed by atoms with Crippen molar-refractivity contribution in [1.29, 1.82) is 0 Å². The Morgan fingerprint density at radius 2 is 2.19 bits per heavy atom. The normalized spacial score (nSPS) is 13.3. The lowest BCUT2D eigenvalue weighted by molar-refractivity contribution is 0.405. The molecule has 0 aliphatic carbocycles. The molecule has 0 saturated heterocycles. The van der Waals surface area contributed by atoms with Crippen LogP contribution in [0.25, 0.3) is 0 Å². The van der Waals surface area contributed by atoms with Crippen molar-refractivity contribution in [2.24, 2.45) is 0 Å². The Bertz CT molecular complexity index is 719. The number of nitrogens with zero attached hydrogens (tertiary/aromatic N) is 2. The predicted molar refractivity (Wildman–Crippen MR) is 82.4 cm³/mol. The maximum absolute atomic E-state index is 12.4. The molecule has 1 atom stereocenters. The molecule has 0 spiro atoms. The van der Waals surface area contributed by atoms with Gasteiger partial charge in [0, 0.05) is 11.7 Å². The highest BCUT2D eigenvalue weighted by Gasteiger charge is 2.23. The number of aromatic nitrogens is 2. The van der Waals surface area contributed by atoms with Gasteiger partial charge in [0.1, 0.15) is 5.75 Å². The van der Waals surface area contributed by atoms with Gasteiger partial charge < -0.3 is 4.74 Å². The van der Waals surface area contributed by atoms with E-state index in [0.29, 0.717) is 12.3 Å². The molecular weight excluding hydrogens is 310 g/mol. The number of thiophene rings is 1. The SMILES string of the molecule is COc1ccsc1S(=O)(=O)N[C@H](C)Cn1nc(C)cc1C. The van der Waals surface area contributed by atoms with E-state index < -0.39 is 10.0 Å². The Hall–Kier alpha value is -1.38. The fraction of sp³-hybridized carbons (Fsp3) is 0.462. The molecule has 21 heavy (non-hydrogen) atoms. The summed E-state index contributed by atoms with van der Waals surface area (Å²) in [6, 6.07) is 3.33. The zero-order chi connectivity index (χ0) is 15.6. The smallest absolute Gasteiger partial charge is 0.254 e. The van der Waals surface area contributed by atoms with Crippen LogP contribution >= 0.6 is 11.3 Å². The van der Waals surface area contributed by atoms with Gasteiger partial charge in [-0.05, 0) is 38.3 Å². The van der Waals surface area contributed by atoms with Gasteiger partial charge >= 0.3 is 0 Å². The first-order chi connectivity index (χ1) is 9.83. The van der Waals surface area contributed by atoms with Crippen LogP contribution in [-0.2, 0) is 16.6 Å². The van der Waals surface area contributed by atoms with Gasteiger partial charge in [0.2, 0.25) is 0 Å². The third-order valence-corrected chi connectivity index (χ3v) is 6.00. The Morgan fingerprint density at radius 3 is 2.76 bits per heavy atom. The third kappa shape index (κ3) is 3.63. The van der Waals surface area contributed by atoms with Gasteiger partial charge in [0.25, 0.3) is 10.0 Å². The van der Waals surface area contributed by atoms with Gasteiger partial charge in [0.15, 0.2) is 4.21 Å². The summed E-state index contributed by atoms with van der Waals surface area (Å²) in [5, 5.41) is 6.03. The lowest BCUT2D eigenvalue weighted by atomic mass is 10.3. The zero-order valence-corrected chi connectivity index (χ0v) is 14.1. The topological polar surface area (TPSA) is 73.2 Å².